The van der Waals surface area contributed by atoms with Gasteiger partial charge in [0.25, 0.3) is 0 Å². The highest BCUT2D eigenvalue weighted by atomic mass is 32.1. The molecule has 0 aliphatic rings. The van der Waals surface area contributed by atoms with Crippen molar-refractivity contribution in [1.29, 1.82) is 0 Å². The first-order valence-electron chi connectivity index (χ1n) is 3.40. The van der Waals surface area contributed by atoms with Gasteiger partial charge in [0.1, 0.15) is 0 Å². The number of carbonyl (C=O) groups excluding carboxylic acids is 1. The smallest absolute Gasteiger partial charge is 0.218 e. The van der Waals surface area contributed by atoms with E-state index in [1.807, 2.05) is 0 Å². The molecular weight excluding hydrogens is 132 g/mol. The molecule has 0 saturated heterocycles. The lowest BCUT2D eigenvalue weighted by molar-refractivity contribution is -0.111. The van der Waals surface area contributed by atoms with Gasteiger partial charge in [-0.15, -0.1) is 0 Å². The Kier molecular flexibility index (Phi) is 4.68. The summed E-state index contributed by atoms with van der Waals surface area (Å²) in [6.07, 6.45) is 2.72. The normalized spacial score (nSPS) is 10.1. The molecule has 0 spiro atoms. The summed E-state index contributed by atoms with van der Waals surface area (Å²) in [6.45, 7) is 4.18. The Balaban J connectivity index is 3.43. The van der Waals surface area contributed by atoms with Crippen molar-refractivity contribution in [2.75, 3.05) is 0 Å². The van der Waals surface area contributed by atoms with Gasteiger partial charge in [-0.2, -0.15) is 0 Å². The van der Waals surface area contributed by atoms with E-state index >= 15 is 0 Å². The summed E-state index contributed by atoms with van der Waals surface area (Å²) < 4.78 is 0. The van der Waals surface area contributed by atoms with Gasteiger partial charge in [0.2, 0.25) is 5.12 Å². The van der Waals surface area contributed by atoms with Gasteiger partial charge >= 0.3 is 0 Å². The summed E-state index contributed by atoms with van der Waals surface area (Å²) in [4.78, 5) is 10.4. The second kappa shape index (κ2) is 4.74. The van der Waals surface area contributed by atoms with E-state index in [9.17, 15) is 4.79 Å². The minimum Gasteiger partial charge on any atom is -0.282 e. The van der Waals surface area contributed by atoms with Gasteiger partial charge in [0, 0.05) is 6.42 Å². The Morgan fingerprint density at radius 2 is 1.89 bits per heavy atom. The van der Waals surface area contributed by atoms with Crippen molar-refractivity contribution >= 4 is 17.7 Å². The van der Waals surface area contributed by atoms with Crippen LogP contribution < -0.4 is 0 Å². The third-order valence-electron chi connectivity index (χ3n) is 1.61. The topological polar surface area (TPSA) is 17.1 Å². The van der Waals surface area contributed by atoms with Crippen LogP contribution in [0.3, 0.4) is 0 Å². The van der Waals surface area contributed by atoms with Crippen molar-refractivity contribution in [2.45, 2.75) is 33.1 Å². The van der Waals surface area contributed by atoms with Crippen LogP contribution in [0.25, 0.3) is 0 Å². The van der Waals surface area contributed by atoms with Crippen molar-refractivity contribution in [3.05, 3.63) is 0 Å². The first kappa shape index (κ1) is 8.89. The zero-order chi connectivity index (χ0) is 7.28. The van der Waals surface area contributed by atoms with Crippen molar-refractivity contribution < 1.29 is 4.79 Å². The number of rotatable bonds is 4. The molecule has 0 rings (SSSR count). The van der Waals surface area contributed by atoms with E-state index in [-0.39, 0.29) is 5.12 Å². The van der Waals surface area contributed by atoms with E-state index in [2.05, 4.69) is 26.5 Å². The van der Waals surface area contributed by atoms with Crippen molar-refractivity contribution in [2.24, 2.45) is 5.92 Å². The fourth-order valence-corrected chi connectivity index (χ4v) is 1.05. The van der Waals surface area contributed by atoms with Gasteiger partial charge in [0.05, 0.1) is 0 Å². The van der Waals surface area contributed by atoms with Crippen LogP contribution in [0.1, 0.15) is 33.1 Å². The van der Waals surface area contributed by atoms with Gasteiger partial charge in [-0.1, -0.05) is 26.7 Å². The molecule has 0 aromatic rings. The third kappa shape index (κ3) is 4.40. The average molecular weight is 145 g/mol. The van der Waals surface area contributed by atoms with Crippen LogP contribution in [0.15, 0.2) is 0 Å². The minimum atomic E-state index is -0.0938. The quantitative estimate of drug-likeness (QED) is 0.594. The summed E-state index contributed by atoms with van der Waals surface area (Å²) in [7, 11) is 0. The van der Waals surface area contributed by atoms with Crippen molar-refractivity contribution in [1.82, 2.24) is 0 Å². The van der Waals surface area contributed by atoms with Gasteiger partial charge in [-0.25, -0.2) is 0 Å². The van der Waals surface area contributed by atoms with E-state index in [4.69, 9.17) is 0 Å². The van der Waals surface area contributed by atoms with Crippen molar-refractivity contribution in [3.8, 4) is 0 Å². The lowest BCUT2D eigenvalue weighted by Gasteiger charge is -2.06. The maximum absolute atomic E-state index is 10.4. The highest BCUT2D eigenvalue weighted by Crippen LogP contribution is 2.13. The zero-order valence-electron chi connectivity index (χ0n) is 6.02. The Labute approximate surface area is 62.2 Å². The molecule has 0 saturated carbocycles. The van der Waals surface area contributed by atoms with E-state index in [0.717, 1.165) is 12.8 Å². The van der Waals surface area contributed by atoms with Gasteiger partial charge in [-0.05, 0) is 18.5 Å². The lowest BCUT2D eigenvalue weighted by Crippen LogP contribution is -2.00. The van der Waals surface area contributed by atoms with Crippen LogP contribution in [0.4, 0.5) is 0 Å². The number of carbonyl (C=O) groups is 1. The minimum absolute atomic E-state index is 0.0938. The molecule has 0 amide bonds. The first-order chi connectivity index (χ1) is 4.20. The maximum Gasteiger partial charge on any atom is 0.218 e. The van der Waals surface area contributed by atoms with Crippen molar-refractivity contribution in [3.63, 3.8) is 0 Å². The fraction of sp³-hybridized carbons (Fsp3) is 0.857. The summed E-state index contributed by atoms with van der Waals surface area (Å²) >= 11 is 4.45. The van der Waals surface area contributed by atoms with Crippen LogP contribution in [0, 0.1) is 5.92 Å². The SMILES string of the molecule is CCC(CC)CC(=O)[S]. The molecule has 1 nitrogen and oxygen atoms in total. The average Bonchev–Trinajstić information content (AvgIpc) is 1.82. The van der Waals surface area contributed by atoms with Crippen LogP contribution in [-0.4, -0.2) is 5.12 Å². The Morgan fingerprint density at radius 3 is 2.00 bits per heavy atom. The molecule has 0 aromatic carbocycles. The Morgan fingerprint density at radius 1 is 1.44 bits per heavy atom. The van der Waals surface area contributed by atoms with E-state index < -0.39 is 0 Å². The fourth-order valence-electron chi connectivity index (χ4n) is 0.813. The zero-order valence-corrected chi connectivity index (χ0v) is 6.83. The second-order valence-electron chi connectivity index (χ2n) is 2.26. The molecule has 0 atom stereocenters. The van der Waals surface area contributed by atoms with Crippen LogP contribution in [0.5, 0.6) is 0 Å². The molecule has 0 heterocycles. The first-order valence-corrected chi connectivity index (χ1v) is 3.81. The van der Waals surface area contributed by atoms with Crippen LogP contribution in [-0.2, 0) is 4.79 Å². The van der Waals surface area contributed by atoms with Gasteiger partial charge in [0.15, 0.2) is 0 Å². The lowest BCUT2D eigenvalue weighted by atomic mass is 10.0. The molecule has 0 aromatic heterocycles. The molecule has 2 heteroatoms. The molecule has 0 fully saturated rings. The number of hydrogen-bond acceptors (Lipinski definition) is 1. The highest BCUT2D eigenvalue weighted by Gasteiger charge is 2.06. The molecule has 0 aliphatic carbocycles. The predicted molar refractivity (Wildman–Crippen MR) is 41.3 cm³/mol. The molecule has 53 valence electrons. The molecule has 0 aliphatic heterocycles. The monoisotopic (exact) mass is 145 g/mol. The standard InChI is InChI=1S/C7H13OS/c1-3-6(4-2)5-7(8)9/h6H,3-5H2,1-2H3. The highest BCUT2D eigenvalue weighted by molar-refractivity contribution is 7.96. The Bertz CT molecular complexity index is 86.9. The summed E-state index contributed by atoms with van der Waals surface area (Å²) in [5, 5.41) is -0.0938. The van der Waals surface area contributed by atoms with Gasteiger partial charge < -0.3 is 0 Å². The molecule has 0 N–H and O–H groups in total. The second-order valence-corrected chi connectivity index (χ2v) is 2.71. The summed E-state index contributed by atoms with van der Waals surface area (Å²) in [5.74, 6) is 0.523. The third-order valence-corrected chi connectivity index (χ3v) is 1.78. The predicted octanol–water partition coefficient (Wildman–Crippen LogP) is 2.54. The molecule has 9 heavy (non-hydrogen) atoms. The van der Waals surface area contributed by atoms with E-state index in [1.54, 1.807) is 0 Å². The van der Waals surface area contributed by atoms with Gasteiger partial charge in [-0.3, -0.25) is 4.79 Å². The summed E-state index contributed by atoms with van der Waals surface area (Å²) in [6, 6.07) is 0. The maximum atomic E-state index is 10.4. The molecule has 0 bridgehead atoms. The number of hydrogen-bond donors (Lipinski definition) is 0. The van der Waals surface area contributed by atoms with Crippen LogP contribution >= 0.6 is 12.6 Å². The van der Waals surface area contributed by atoms with E-state index in [0.29, 0.717) is 12.3 Å². The summed E-state index contributed by atoms with van der Waals surface area (Å²) in [5.41, 5.74) is 0. The largest absolute Gasteiger partial charge is 0.282 e. The Hall–Kier alpha value is -0.110. The van der Waals surface area contributed by atoms with Crippen LogP contribution in [0.2, 0.25) is 0 Å². The molecule has 0 unspecified atom stereocenters. The molecule has 1 radical (unpaired) electrons. The molecular formula is C7H13OS. The van der Waals surface area contributed by atoms with E-state index in [1.165, 1.54) is 0 Å².